The molecule has 0 unspecified atom stereocenters. The molecule has 0 amide bonds. The summed E-state index contributed by atoms with van der Waals surface area (Å²) in [5.74, 6) is -2.23. The SMILES string of the molecule is Cc1ccc(-c2cc(C(F)(F)F)nc(-c3cccc(-c4cc(F)cc(C(=O)O)c4)c3)n2)cn1. The Kier molecular flexibility index (Phi) is 5.63. The van der Waals surface area contributed by atoms with Gasteiger partial charge in [-0.2, -0.15) is 13.2 Å². The van der Waals surface area contributed by atoms with Crippen molar-refractivity contribution in [2.75, 3.05) is 0 Å². The van der Waals surface area contributed by atoms with Crippen molar-refractivity contribution in [1.82, 2.24) is 15.0 Å². The topological polar surface area (TPSA) is 76.0 Å². The highest BCUT2D eigenvalue weighted by atomic mass is 19.4. The summed E-state index contributed by atoms with van der Waals surface area (Å²) in [6.07, 6.45) is -3.28. The number of carbonyl (C=O) groups is 1. The van der Waals surface area contributed by atoms with E-state index in [0.717, 1.165) is 18.2 Å². The second-order valence-electron chi connectivity index (χ2n) is 7.26. The van der Waals surface area contributed by atoms with Gasteiger partial charge in [0.25, 0.3) is 0 Å². The zero-order chi connectivity index (χ0) is 23.8. The van der Waals surface area contributed by atoms with E-state index in [0.29, 0.717) is 16.8 Å². The van der Waals surface area contributed by atoms with Gasteiger partial charge in [-0.15, -0.1) is 0 Å². The Morgan fingerprint density at radius 3 is 2.30 bits per heavy atom. The maximum absolute atomic E-state index is 13.9. The summed E-state index contributed by atoms with van der Waals surface area (Å²) in [6.45, 7) is 1.75. The number of halogens is 4. The van der Waals surface area contributed by atoms with Gasteiger partial charge in [-0.3, -0.25) is 4.98 Å². The molecule has 4 aromatic rings. The first-order valence-corrected chi connectivity index (χ1v) is 9.64. The lowest BCUT2D eigenvalue weighted by Gasteiger charge is -2.12. The van der Waals surface area contributed by atoms with Gasteiger partial charge in [-0.1, -0.05) is 18.2 Å². The molecule has 1 N–H and O–H groups in total. The van der Waals surface area contributed by atoms with Gasteiger partial charge in [-0.05, 0) is 60.5 Å². The van der Waals surface area contributed by atoms with Gasteiger partial charge in [0.15, 0.2) is 5.82 Å². The number of hydrogen-bond donors (Lipinski definition) is 1. The molecule has 0 saturated heterocycles. The molecule has 33 heavy (non-hydrogen) atoms. The molecule has 2 aromatic carbocycles. The van der Waals surface area contributed by atoms with Crippen molar-refractivity contribution in [3.05, 3.63) is 89.6 Å². The molecule has 0 atom stereocenters. The molecule has 2 aromatic heterocycles. The van der Waals surface area contributed by atoms with Crippen LogP contribution in [0.2, 0.25) is 0 Å². The lowest BCUT2D eigenvalue weighted by molar-refractivity contribution is -0.141. The Morgan fingerprint density at radius 1 is 0.879 bits per heavy atom. The number of aromatic carboxylic acids is 1. The number of aromatic nitrogens is 3. The first kappa shape index (κ1) is 22.1. The van der Waals surface area contributed by atoms with Crippen LogP contribution in [-0.2, 0) is 6.18 Å². The number of pyridine rings is 1. The number of alkyl halides is 3. The van der Waals surface area contributed by atoms with Gasteiger partial charge in [-0.25, -0.2) is 19.2 Å². The van der Waals surface area contributed by atoms with Gasteiger partial charge in [0, 0.05) is 23.0 Å². The summed E-state index contributed by atoms with van der Waals surface area (Å²) >= 11 is 0. The van der Waals surface area contributed by atoms with Crippen molar-refractivity contribution >= 4 is 5.97 Å². The molecular weight excluding hydrogens is 438 g/mol. The van der Waals surface area contributed by atoms with Gasteiger partial charge in [0.05, 0.1) is 11.3 Å². The van der Waals surface area contributed by atoms with Crippen molar-refractivity contribution in [2.24, 2.45) is 0 Å². The van der Waals surface area contributed by atoms with Crippen molar-refractivity contribution in [3.63, 3.8) is 0 Å². The number of carboxylic acids is 1. The quantitative estimate of drug-likeness (QED) is 0.382. The minimum atomic E-state index is -4.71. The minimum absolute atomic E-state index is 0.0455. The zero-order valence-electron chi connectivity index (χ0n) is 17.1. The largest absolute Gasteiger partial charge is 0.478 e. The number of nitrogens with zero attached hydrogens (tertiary/aromatic N) is 3. The molecule has 0 aliphatic carbocycles. The minimum Gasteiger partial charge on any atom is -0.478 e. The van der Waals surface area contributed by atoms with Crippen LogP contribution in [0.5, 0.6) is 0 Å². The fourth-order valence-electron chi connectivity index (χ4n) is 3.21. The van der Waals surface area contributed by atoms with E-state index in [1.807, 2.05) is 0 Å². The molecule has 0 spiro atoms. The first-order chi connectivity index (χ1) is 15.6. The summed E-state index contributed by atoms with van der Waals surface area (Å²) in [7, 11) is 0. The summed E-state index contributed by atoms with van der Waals surface area (Å²) in [6, 6.07) is 13.6. The molecule has 166 valence electrons. The molecule has 4 rings (SSSR count). The van der Waals surface area contributed by atoms with E-state index in [-0.39, 0.29) is 28.2 Å². The van der Waals surface area contributed by atoms with Gasteiger partial charge in [0.1, 0.15) is 11.5 Å². The molecule has 5 nitrogen and oxygen atoms in total. The van der Waals surface area contributed by atoms with Crippen LogP contribution in [0, 0.1) is 12.7 Å². The predicted molar refractivity (Wildman–Crippen MR) is 113 cm³/mol. The average Bonchev–Trinajstić information content (AvgIpc) is 2.78. The number of benzene rings is 2. The fraction of sp³-hybridized carbons (Fsp3) is 0.0833. The lowest BCUT2D eigenvalue weighted by Crippen LogP contribution is -2.10. The standard InChI is InChI=1S/C24H15F4N3O2/c1-13-5-6-16(12-29-13)20-11-21(24(26,27)28)31-22(30-20)15-4-2-3-14(7-15)17-8-18(23(32)33)10-19(25)9-17/h2-12H,1H3,(H,32,33). The third-order valence-corrected chi connectivity index (χ3v) is 4.82. The normalized spacial score (nSPS) is 11.4. The fourth-order valence-corrected chi connectivity index (χ4v) is 3.21. The van der Waals surface area contributed by atoms with E-state index in [1.54, 1.807) is 31.2 Å². The molecule has 0 aliphatic rings. The van der Waals surface area contributed by atoms with Crippen LogP contribution in [0.15, 0.2) is 66.9 Å². The average molecular weight is 453 g/mol. The Morgan fingerprint density at radius 2 is 1.64 bits per heavy atom. The highest BCUT2D eigenvalue weighted by Gasteiger charge is 2.34. The van der Waals surface area contributed by atoms with Crippen molar-refractivity contribution in [3.8, 4) is 33.8 Å². The highest BCUT2D eigenvalue weighted by Crippen LogP contribution is 2.33. The second kappa shape index (κ2) is 8.42. The Balaban J connectivity index is 1.85. The van der Waals surface area contributed by atoms with Crippen molar-refractivity contribution in [1.29, 1.82) is 0 Å². The molecular formula is C24H15F4N3O2. The maximum atomic E-state index is 13.9. The monoisotopic (exact) mass is 453 g/mol. The van der Waals surface area contributed by atoms with E-state index >= 15 is 0 Å². The molecule has 0 fully saturated rings. The van der Waals surface area contributed by atoms with Crippen molar-refractivity contribution in [2.45, 2.75) is 13.1 Å². The van der Waals surface area contributed by atoms with Gasteiger partial charge >= 0.3 is 12.1 Å². The van der Waals surface area contributed by atoms with Gasteiger partial charge < -0.3 is 5.11 Å². The summed E-state index contributed by atoms with van der Waals surface area (Å²) in [5, 5.41) is 9.18. The van der Waals surface area contributed by atoms with E-state index in [1.165, 1.54) is 24.4 Å². The van der Waals surface area contributed by atoms with Crippen LogP contribution in [0.1, 0.15) is 21.7 Å². The number of hydrogen-bond acceptors (Lipinski definition) is 4. The highest BCUT2D eigenvalue weighted by molar-refractivity contribution is 5.89. The zero-order valence-corrected chi connectivity index (χ0v) is 17.1. The van der Waals surface area contributed by atoms with Crippen LogP contribution in [0.25, 0.3) is 33.8 Å². The third kappa shape index (κ3) is 4.87. The molecule has 0 bridgehead atoms. The van der Waals surface area contributed by atoms with Gasteiger partial charge in [0.2, 0.25) is 0 Å². The predicted octanol–water partition coefficient (Wildman–Crippen LogP) is 6.04. The Labute approximate surface area is 185 Å². The molecule has 0 radical (unpaired) electrons. The Hall–Kier alpha value is -4.14. The molecule has 9 heteroatoms. The first-order valence-electron chi connectivity index (χ1n) is 9.64. The Bertz CT molecular complexity index is 1350. The molecule has 2 heterocycles. The molecule has 0 saturated carbocycles. The van der Waals surface area contributed by atoms with Crippen LogP contribution in [0.3, 0.4) is 0 Å². The van der Waals surface area contributed by atoms with Crippen LogP contribution in [0.4, 0.5) is 17.6 Å². The third-order valence-electron chi connectivity index (χ3n) is 4.82. The van der Waals surface area contributed by atoms with Crippen molar-refractivity contribution < 1.29 is 27.5 Å². The van der Waals surface area contributed by atoms with E-state index in [4.69, 9.17) is 0 Å². The van der Waals surface area contributed by atoms with Crippen LogP contribution >= 0.6 is 0 Å². The smallest absolute Gasteiger partial charge is 0.433 e. The van der Waals surface area contributed by atoms with E-state index in [2.05, 4.69) is 15.0 Å². The number of rotatable bonds is 4. The van der Waals surface area contributed by atoms with E-state index in [9.17, 15) is 27.5 Å². The van der Waals surface area contributed by atoms with E-state index < -0.39 is 23.7 Å². The summed E-state index contributed by atoms with van der Waals surface area (Å²) < 4.78 is 54.6. The van der Waals surface area contributed by atoms with Crippen LogP contribution < -0.4 is 0 Å². The molecule has 0 aliphatic heterocycles. The second-order valence-corrected chi connectivity index (χ2v) is 7.26. The van der Waals surface area contributed by atoms with Crippen LogP contribution in [-0.4, -0.2) is 26.0 Å². The summed E-state index contributed by atoms with van der Waals surface area (Å²) in [4.78, 5) is 23.3. The summed E-state index contributed by atoms with van der Waals surface area (Å²) in [5.41, 5.74) is 0.672. The maximum Gasteiger partial charge on any atom is 0.433 e. The number of carboxylic acid groups (broad SMARTS) is 1. The number of aryl methyl sites for hydroxylation is 1. The lowest BCUT2D eigenvalue weighted by atomic mass is 10.0.